The molecule has 0 aliphatic carbocycles. The minimum atomic E-state index is -4.26. The van der Waals surface area contributed by atoms with Crippen LogP contribution in [0, 0.1) is 0 Å². The number of nitrogens with zero attached hydrogens (tertiary/aromatic N) is 2. The molecule has 0 saturated heterocycles. The van der Waals surface area contributed by atoms with Crippen LogP contribution in [0.4, 0.5) is 5.69 Å². The molecule has 0 saturated carbocycles. The fraction of sp³-hybridized carbons (Fsp3) is 0.286. The zero-order chi connectivity index (χ0) is 28.7. The lowest BCUT2D eigenvalue weighted by Crippen LogP contribution is -2.52. The molecular formula is C28H31Cl2N3O5S. The van der Waals surface area contributed by atoms with Crippen LogP contribution in [-0.4, -0.2) is 50.9 Å². The van der Waals surface area contributed by atoms with Crippen LogP contribution in [0.1, 0.15) is 26.3 Å². The van der Waals surface area contributed by atoms with Gasteiger partial charge in [-0.25, -0.2) is 8.42 Å². The molecule has 0 heterocycles. The largest absolute Gasteiger partial charge is 0.495 e. The van der Waals surface area contributed by atoms with E-state index in [1.165, 1.54) is 36.3 Å². The summed E-state index contributed by atoms with van der Waals surface area (Å²) < 4.78 is 34.1. The topological polar surface area (TPSA) is 96.0 Å². The number of hydrogen-bond acceptors (Lipinski definition) is 5. The molecule has 0 aliphatic rings. The van der Waals surface area contributed by atoms with Crippen molar-refractivity contribution in [1.82, 2.24) is 10.2 Å². The molecule has 8 nitrogen and oxygen atoms in total. The fourth-order valence-corrected chi connectivity index (χ4v) is 5.69. The summed E-state index contributed by atoms with van der Waals surface area (Å²) in [5.41, 5.74) is 0.689. The quantitative estimate of drug-likeness (QED) is 0.333. The maximum Gasteiger partial charge on any atom is 0.264 e. The van der Waals surface area contributed by atoms with Gasteiger partial charge in [0, 0.05) is 22.6 Å². The van der Waals surface area contributed by atoms with Gasteiger partial charge in [-0.05, 0) is 62.7 Å². The van der Waals surface area contributed by atoms with Gasteiger partial charge in [0.2, 0.25) is 11.8 Å². The smallest absolute Gasteiger partial charge is 0.264 e. The number of benzene rings is 3. The van der Waals surface area contributed by atoms with Gasteiger partial charge in [-0.15, -0.1) is 0 Å². The van der Waals surface area contributed by atoms with E-state index in [2.05, 4.69) is 5.32 Å². The van der Waals surface area contributed by atoms with Gasteiger partial charge in [-0.2, -0.15) is 0 Å². The summed E-state index contributed by atoms with van der Waals surface area (Å²) in [5, 5.41) is 3.48. The van der Waals surface area contributed by atoms with Crippen molar-refractivity contribution in [1.29, 1.82) is 0 Å². The molecule has 0 aliphatic heterocycles. The van der Waals surface area contributed by atoms with Crippen molar-refractivity contribution in [2.45, 2.75) is 44.3 Å². The van der Waals surface area contributed by atoms with E-state index in [1.54, 1.807) is 55.5 Å². The molecule has 1 atom stereocenters. The number of hydrogen-bond donors (Lipinski definition) is 1. The number of nitrogens with one attached hydrogen (secondary N) is 1. The number of halogens is 2. The zero-order valence-corrected chi connectivity index (χ0v) is 24.4. The minimum Gasteiger partial charge on any atom is -0.495 e. The van der Waals surface area contributed by atoms with Crippen LogP contribution >= 0.6 is 23.2 Å². The van der Waals surface area contributed by atoms with E-state index in [4.69, 9.17) is 27.9 Å². The molecule has 3 aromatic rings. The molecule has 0 fully saturated rings. The summed E-state index contributed by atoms with van der Waals surface area (Å²) in [6.45, 7) is 4.56. The van der Waals surface area contributed by atoms with Crippen LogP contribution in [0.2, 0.25) is 10.0 Å². The normalized spacial score (nSPS) is 12.1. The summed E-state index contributed by atoms with van der Waals surface area (Å²) in [7, 11) is -2.86. The van der Waals surface area contributed by atoms with Gasteiger partial charge < -0.3 is 15.0 Å². The van der Waals surface area contributed by atoms with Crippen molar-refractivity contribution in [3.05, 3.63) is 88.4 Å². The summed E-state index contributed by atoms with van der Waals surface area (Å²) >= 11 is 12.6. The Morgan fingerprint density at radius 2 is 1.59 bits per heavy atom. The molecular weight excluding hydrogens is 561 g/mol. The molecule has 0 bridgehead atoms. The lowest BCUT2D eigenvalue weighted by atomic mass is 10.1. The minimum absolute atomic E-state index is 0.0168. The number of sulfonamides is 1. The maximum absolute atomic E-state index is 14.0. The Bertz CT molecular complexity index is 1420. The summed E-state index contributed by atoms with van der Waals surface area (Å²) in [4.78, 5) is 28.2. The van der Waals surface area contributed by atoms with Gasteiger partial charge in [0.15, 0.2) is 0 Å². The van der Waals surface area contributed by atoms with Crippen molar-refractivity contribution in [3.63, 3.8) is 0 Å². The molecule has 2 amide bonds. The number of methoxy groups -OCH3 is 1. The Hall–Kier alpha value is -3.27. The predicted molar refractivity (Wildman–Crippen MR) is 154 cm³/mol. The average Bonchev–Trinajstić information content (AvgIpc) is 2.90. The number of carbonyl (C=O) groups excluding carboxylic acids is 2. The third-order valence-electron chi connectivity index (χ3n) is 5.92. The van der Waals surface area contributed by atoms with Crippen molar-refractivity contribution in [2.75, 3.05) is 18.0 Å². The van der Waals surface area contributed by atoms with Crippen LogP contribution < -0.4 is 14.4 Å². The summed E-state index contributed by atoms with van der Waals surface area (Å²) in [6.07, 6.45) is 0. The van der Waals surface area contributed by atoms with Crippen LogP contribution in [-0.2, 0) is 26.2 Å². The van der Waals surface area contributed by atoms with E-state index >= 15 is 0 Å². The van der Waals surface area contributed by atoms with Crippen molar-refractivity contribution >= 4 is 50.7 Å². The van der Waals surface area contributed by atoms with E-state index < -0.39 is 28.5 Å². The van der Waals surface area contributed by atoms with Crippen LogP contribution in [0.25, 0.3) is 0 Å². The van der Waals surface area contributed by atoms with Crippen molar-refractivity contribution in [3.8, 4) is 5.75 Å². The number of rotatable bonds is 11. The summed E-state index contributed by atoms with van der Waals surface area (Å²) in [5.74, 6) is -0.805. The van der Waals surface area contributed by atoms with Crippen LogP contribution in [0.5, 0.6) is 5.75 Å². The lowest BCUT2D eigenvalue weighted by molar-refractivity contribution is -0.139. The molecule has 0 spiro atoms. The number of ether oxygens (including phenoxy) is 1. The van der Waals surface area contributed by atoms with Crippen molar-refractivity contribution in [2.24, 2.45) is 0 Å². The molecule has 39 heavy (non-hydrogen) atoms. The second-order valence-electron chi connectivity index (χ2n) is 9.09. The molecule has 1 N–H and O–H groups in total. The van der Waals surface area contributed by atoms with Crippen molar-refractivity contribution < 1.29 is 22.7 Å². The molecule has 3 aromatic carbocycles. The Morgan fingerprint density at radius 3 is 2.21 bits per heavy atom. The van der Waals surface area contributed by atoms with E-state index in [0.717, 1.165) is 4.31 Å². The van der Waals surface area contributed by atoms with E-state index in [9.17, 15) is 18.0 Å². The second kappa shape index (κ2) is 13.2. The first-order valence-electron chi connectivity index (χ1n) is 12.2. The van der Waals surface area contributed by atoms with Crippen LogP contribution in [0.15, 0.2) is 77.7 Å². The Kier molecular flexibility index (Phi) is 10.2. The highest BCUT2D eigenvalue weighted by molar-refractivity contribution is 7.92. The summed E-state index contributed by atoms with van der Waals surface area (Å²) in [6, 6.07) is 18.1. The Balaban J connectivity index is 2.10. The monoisotopic (exact) mass is 591 g/mol. The van der Waals surface area contributed by atoms with E-state index in [0.29, 0.717) is 10.6 Å². The average molecular weight is 593 g/mol. The third-order valence-corrected chi connectivity index (χ3v) is 8.29. The Morgan fingerprint density at radius 1 is 0.949 bits per heavy atom. The Labute approximate surface area is 239 Å². The highest BCUT2D eigenvalue weighted by atomic mass is 35.5. The molecule has 0 unspecified atom stereocenters. The van der Waals surface area contributed by atoms with Gasteiger partial charge in [-0.1, -0.05) is 59.6 Å². The lowest BCUT2D eigenvalue weighted by Gasteiger charge is -2.32. The third kappa shape index (κ3) is 7.44. The standard InChI is InChI=1S/C28H31Cl2N3O5S/c1-19(2)31-28(35)20(3)32(17-21-10-8-9-13-24(21)30)27(34)18-33(25-16-22(29)14-15-26(25)38-4)39(36,37)23-11-6-5-7-12-23/h5-16,19-20H,17-18H2,1-4H3,(H,31,35)/t20-/m1/s1. The first-order chi connectivity index (χ1) is 18.4. The molecule has 208 valence electrons. The van der Waals surface area contributed by atoms with Gasteiger partial charge in [0.05, 0.1) is 17.7 Å². The first kappa shape index (κ1) is 30.3. The second-order valence-corrected chi connectivity index (χ2v) is 11.8. The van der Waals surface area contributed by atoms with Gasteiger partial charge >= 0.3 is 0 Å². The zero-order valence-electron chi connectivity index (χ0n) is 22.1. The molecule has 0 aromatic heterocycles. The maximum atomic E-state index is 14.0. The number of amides is 2. The molecule has 11 heteroatoms. The first-order valence-corrected chi connectivity index (χ1v) is 14.4. The highest BCUT2D eigenvalue weighted by Gasteiger charge is 2.34. The van der Waals surface area contributed by atoms with Gasteiger partial charge in [0.25, 0.3) is 10.0 Å². The van der Waals surface area contributed by atoms with Gasteiger partial charge in [-0.3, -0.25) is 13.9 Å². The van der Waals surface area contributed by atoms with E-state index in [1.807, 2.05) is 13.8 Å². The predicted octanol–water partition coefficient (Wildman–Crippen LogP) is 5.14. The fourth-order valence-electron chi connectivity index (χ4n) is 3.89. The van der Waals surface area contributed by atoms with E-state index in [-0.39, 0.29) is 39.8 Å². The molecule has 0 radical (unpaired) electrons. The SMILES string of the molecule is COc1ccc(Cl)cc1N(CC(=O)N(Cc1ccccc1Cl)[C@H](C)C(=O)NC(C)C)S(=O)(=O)c1ccccc1. The van der Waals surface area contributed by atoms with Gasteiger partial charge in [0.1, 0.15) is 18.3 Å². The highest BCUT2D eigenvalue weighted by Crippen LogP contribution is 2.35. The molecule has 3 rings (SSSR count). The number of carbonyl (C=O) groups is 2. The van der Waals surface area contributed by atoms with Crippen LogP contribution in [0.3, 0.4) is 0 Å². The number of anilines is 1.